The van der Waals surface area contributed by atoms with Crippen LogP contribution < -0.4 is 11.3 Å². The van der Waals surface area contributed by atoms with Crippen molar-refractivity contribution in [1.29, 1.82) is 0 Å². The number of hydrogen-bond acceptors (Lipinski definition) is 3. The Kier molecular flexibility index (Phi) is 4.47. The highest BCUT2D eigenvalue weighted by Crippen LogP contribution is 2.22. The van der Waals surface area contributed by atoms with Gasteiger partial charge in [0, 0.05) is 11.2 Å². The van der Waals surface area contributed by atoms with Gasteiger partial charge in [0.1, 0.15) is 5.82 Å². The van der Waals surface area contributed by atoms with Gasteiger partial charge in [0.15, 0.2) is 0 Å². The number of hydrazine groups is 1. The molecule has 2 rings (SSSR count). The van der Waals surface area contributed by atoms with Crippen molar-refractivity contribution in [3.63, 3.8) is 0 Å². The van der Waals surface area contributed by atoms with E-state index in [-0.39, 0.29) is 11.9 Å². The molecule has 0 radical (unpaired) electrons. The molecule has 0 aliphatic heterocycles. The van der Waals surface area contributed by atoms with Gasteiger partial charge in [-0.2, -0.15) is 0 Å². The molecule has 0 spiro atoms. The zero-order chi connectivity index (χ0) is 13.8. The van der Waals surface area contributed by atoms with Crippen molar-refractivity contribution in [2.45, 2.75) is 19.4 Å². The van der Waals surface area contributed by atoms with Crippen LogP contribution in [0.1, 0.15) is 22.9 Å². The Labute approximate surface area is 116 Å². The smallest absolute Gasteiger partial charge is 0.126 e. The summed E-state index contributed by atoms with van der Waals surface area (Å²) in [6.07, 6.45) is 2.09. The number of halogens is 2. The standard InChI is InChI=1S/C14H15ClFN3/c1-9-3-2-6-18-14(9)13(19-17)8-10-7-11(15)4-5-12(10)16/h2-7,13,19H,8,17H2,1H3. The molecular formula is C14H15ClFN3. The Bertz CT molecular complexity index is 574. The molecule has 5 heteroatoms. The fourth-order valence-electron chi connectivity index (χ4n) is 2.02. The highest BCUT2D eigenvalue weighted by molar-refractivity contribution is 6.30. The molecule has 0 fully saturated rings. The molecule has 0 saturated heterocycles. The first-order valence-electron chi connectivity index (χ1n) is 5.93. The van der Waals surface area contributed by atoms with E-state index in [0.29, 0.717) is 17.0 Å². The molecule has 2 aromatic rings. The molecule has 1 aromatic carbocycles. The van der Waals surface area contributed by atoms with Gasteiger partial charge in [-0.25, -0.2) is 4.39 Å². The predicted molar refractivity (Wildman–Crippen MR) is 74.2 cm³/mol. The zero-order valence-corrected chi connectivity index (χ0v) is 11.3. The zero-order valence-electron chi connectivity index (χ0n) is 10.5. The van der Waals surface area contributed by atoms with E-state index in [4.69, 9.17) is 17.4 Å². The van der Waals surface area contributed by atoms with Crippen molar-refractivity contribution in [2.75, 3.05) is 0 Å². The summed E-state index contributed by atoms with van der Waals surface area (Å²) >= 11 is 5.89. The first-order chi connectivity index (χ1) is 9.11. The first kappa shape index (κ1) is 13.9. The minimum Gasteiger partial charge on any atom is -0.271 e. The molecule has 0 saturated carbocycles. The number of hydrogen-bond donors (Lipinski definition) is 2. The average molecular weight is 280 g/mol. The largest absolute Gasteiger partial charge is 0.271 e. The average Bonchev–Trinajstić information content (AvgIpc) is 2.41. The van der Waals surface area contributed by atoms with Crippen LogP contribution in [0.3, 0.4) is 0 Å². The maximum Gasteiger partial charge on any atom is 0.126 e. The number of nitrogens with zero attached hydrogens (tertiary/aromatic N) is 1. The van der Waals surface area contributed by atoms with E-state index in [0.717, 1.165) is 11.3 Å². The molecule has 0 bridgehead atoms. The monoisotopic (exact) mass is 279 g/mol. The summed E-state index contributed by atoms with van der Waals surface area (Å²) in [7, 11) is 0. The van der Waals surface area contributed by atoms with Gasteiger partial charge in [-0.15, -0.1) is 0 Å². The van der Waals surface area contributed by atoms with Crippen LogP contribution in [0, 0.1) is 12.7 Å². The van der Waals surface area contributed by atoms with Crippen LogP contribution in [-0.2, 0) is 6.42 Å². The Morgan fingerprint density at radius 2 is 2.21 bits per heavy atom. The van der Waals surface area contributed by atoms with Gasteiger partial charge in [0.25, 0.3) is 0 Å². The second-order valence-corrected chi connectivity index (χ2v) is 4.80. The predicted octanol–water partition coefficient (Wildman–Crippen LogP) is 2.93. The van der Waals surface area contributed by atoms with Crippen molar-refractivity contribution in [3.8, 4) is 0 Å². The molecule has 1 atom stereocenters. The summed E-state index contributed by atoms with van der Waals surface area (Å²) in [6.45, 7) is 1.95. The SMILES string of the molecule is Cc1cccnc1C(Cc1cc(Cl)ccc1F)NN. The quantitative estimate of drug-likeness (QED) is 0.668. The Morgan fingerprint density at radius 3 is 2.89 bits per heavy atom. The Hall–Kier alpha value is -1.49. The number of benzene rings is 1. The van der Waals surface area contributed by atoms with Crippen molar-refractivity contribution in [3.05, 3.63) is 64.2 Å². The molecule has 3 N–H and O–H groups in total. The van der Waals surface area contributed by atoms with Gasteiger partial charge >= 0.3 is 0 Å². The van der Waals surface area contributed by atoms with E-state index < -0.39 is 0 Å². The summed E-state index contributed by atoms with van der Waals surface area (Å²) in [5, 5.41) is 0.505. The Balaban J connectivity index is 2.29. The lowest BCUT2D eigenvalue weighted by atomic mass is 10.00. The summed E-state index contributed by atoms with van der Waals surface area (Å²) in [5.41, 5.74) is 5.01. The molecule has 0 amide bonds. The fourth-order valence-corrected chi connectivity index (χ4v) is 2.21. The minimum atomic E-state index is -0.293. The Morgan fingerprint density at radius 1 is 1.42 bits per heavy atom. The second-order valence-electron chi connectivity index (χ2n) is 4.36. The van der Waals surface area contributed by atoms with Gasteiger partial charge in [-0.3, -0.25) is 16.3 Å². The van der Waals surface area contributed by atoms with Gasteiger partial charge < -0.3 is 0 Å². The maximum atomic E-state index is 13.7. The van der Waals surface area contributed by atoms with Crippen LogP contribution in [0.4, 0.5) is 4.39 Å². The number of aromatic nitrogens is 1. The van der Waals surface area contributed by atoms with E-state index in [1.165, 1.54) is 12.1 Å². The van der Waals surface area contributed by atoms with Gasteiger partial charge in [0.2, 0.25) is 0 Å². The van der Waals surface area contributed by atoms with E-state index in [1.54, 1.807) is 12.3 Å². The van der Waals surface area contributed by atoms with Crippen LogP contribution >= 0.6 is 11.6 Å². The normalized spacial score (nSPS) is 12.4. The van der Waals surface area contributed by atoms with Crippen molar-refractivity contribution in [2.24, 2.45) is 5.84 Å². The van der Waals surface area contributed by atoms with Gasteiger partial charge in [-0.1, -0.05) is 17.7 Å². The lowest BCUT2D eigenvalue weighted by Gasteiger charge is -2.17. The van der Waals surface area contributed by atoms with Crippen LogP contribution in [0.5, 0.6) is 0 Å². The molecule has 100 valence electrons. The molecule has 0 aliphatic rings. The van der Waals surface area contributed by atoms with E-state index >= 15 is 0 Å². The van der Waals surface area contributed by atoms with Gasteiger partial charge in [0.05, 0.1) is 11.7 Å². The van der Waals surface area contributed by atoms with E-state index in [2.05, 4.69) is 10.4 Å². The number of aryl methyl sites for hydroxylation is 1. The number of rotatable bonds is 4. The van der Waals surface area contributed by atoms with Gasteiger partial charge in [-0.05, 0) is 48.7 Å². The van der Waals surface area contributed by atoms with E-state index in [9.17, 15) is 4.39 Å². The summed E-state index contributed by atoms with van der Waals surface area (Å²) in [4.78, 5) is 4.30. The second kappa shape index (κ2) is 6.10. The molecule has 1 aromatic heterocycles. The third kappa shape index (κ3) is 3.29. The number of nitrogens with two attached hydrogens (primary N) is 1. The van der Waals surface area contributed by atoms with Crippen LogP contribution in [0.25, 0.3) is 0 Å². The van der Waals surface area contributed by atoms with Crippen LogP contribution in [0.15, 0.2) is 36.5 Å². The van der Waals surface area contributed by atoms with Crippen LogP contribution in [-0.4, -0.2) is 4.98 Å². The number of nitrogens with one attached hydrogen (secondary N) is 1. The molecule has 0 aliphatic carbocycles. The van der Waals surface area contributed by atoms with Crippen molar-refractivity contribution in [1.82, 2.24) is 10.4 Å². The third-order valence-corrected chi connectivity index (χ3v) is 3.25. The highest BCUT2D eigenvalue weighted by atomic mass is 35.5. The summed E-state index contributed by atoms with van der Waals surface area (Å²) in [6, 6.07) is 8.04. The lowest BCUT2D eigenvalue weighted by molar-refractivity contribution is 0.516. The molecule has 1 unspecified atom stereocenters. The molecule has 19 heavy (non-hydrogen) atoms. The summed E-state index contributed by atoms with van der Waals surface area (Å²) in [5.74, 6) is 5.27. The molecule has 1 heterocycles. The van der Waals surface area contributed by atoms with E-state index in [1.807, 2.05) is 19.1 Å². The van der Waals surface area contributed by atoms with Crippen LogP contribution in [0.2, 0.25) is 5.02 Å². The fraction of sp³-hybridized carbons (Fsp3) is 0.214. The molecular weight excluding hydrogens is 265 g/mol. The first-order valence-corrected chi connectivity index (χ1v) is 6.31. The third-order valence-electron chi connectivity index (χ3n) is 3.01. The number of pyridine rings is 1. The topological polar surface area (TPSA) is 50.9 Å². The molecule has 3 nitrogen and oxygen atoms in total. The lowest BCUT2D eigenvalue weighted by Crippen LogP contribution is -2.31. The maximum absolute atomic E-state index is 13.7. The highest BCUT2D eigenvalue weighted by Gasteiger charge is 2.16. The van der Waals surface area contributed by atoms with Crippen molar-refractivity contribution < 1.29 is 4.39 Å². The van der Waals surface area contributed by atoms with Crippen molar-refractivity contribution >= 4 is 11.6 Å². The summed E-state index contributed by atoms with van der Waals surface area (Å²) < 4.78 is 13.7. The minimum absolute atomic E-state index is 0.255.